The molecule has 0 aliphatic heterocycles. The second kappa shape index (κ2) is 5.00. The molecule has 0 unspecified atom stereocenters. The van der Waals surface area contributed by atoms with E-state index >= 15 is 0 Å². The van der Waals surface area contributed by atoms with Crippen LogP contribution in [0.15, 0.2) is 42.7 Å². The zero-order chi connectivity index (χ0) is 13.2. The van der Waals surface area contributed by atoms with Crippen LogP contribution in [0.2, 0.25) is 0 Å². The van der Waals surface area contributed by atoms with Crippen LogP contribution in [0.25, 0.3) is 0 Å². The molecule has 0 spiro atoms. The van der Waals surface area contributed by atoms with Crippen LogP contribution in [0.5, 0.6) is 0 Å². The highest BCUT2D eigenvalue weighted by Gasteiger charge is 2.30. The van der Waals surface area contributed by atoms with Gasteiger partial charge in [-0.05, 0) is 25.3 Å². The van der Waals surface area contributed by atoms with Gasteiger partial charge in [0.2, 0.25) is 0 Å². The number of aromatic nitrogens is 2. The second-order valence-electron chi connectivity index (χ2n) is 5.28. The van der Waals surface area contributed by atoms with Gasteiger partial charge in [-0.15, -0.1) is 0 Å². The van der Waals surface area contributed by atoms with Crippen LogP contribution in [0.3, 0.4) is 0 Å². The summed E-state index contributed by atoms with van der Waals surface area (Å²) < 4.78 is 1.99. The third kappa shape index (κ3) is 2.33. The summed E-state index contributed by atoms with van der Waals surface area (Å²) in [4.78, 5) is 11.4. The summed E-state index contributed by atoms with van der Waals surface area (Å²) in [5.41, 5.74) is 2.09. The molecular weight excluding hydrogens is 236 g/mol. The fraction of sp³-hybridized carbons (Fsp3) is 0.375. The molecule has 98 valence electrons. The number of nitrogens with zero attached hydrogens (tertiary/aromatic N) is 2. The first-order valence-corrected chi connectivity index (χ1v) is 6.86. The highest BCUT2D eigenvalue weighted by Crippen LogP contribution is 2.42. The summed E-state index contributed by atoms with van der Waals surface area (Å²) in [6.45, 7) is 1.59. The van der Waals surface area contributed by atoms with E-state index in [1.54, 1.807) is 13.1 Å². The highest BCUT2D eigenvalue weighted by atomic mass is 16.1. The van der Waals surface area contributed by atoms with Crippen LogP contribution in [0.1, 0.15) is 54.1 Å². The minimum absolute atomic E-state index is 0.0838. The van der Waals surface area contributed by atoms with Crippen molar-refractivity contribution < 1.29 is 4.79 Å². The van der Waals surface area contributed by atoms with Gasteiger partial charge in [-0.25, -0.2) is 0 Å². The monoisotopic (exact) mass is 254 g/mol. The van der Waals surface area contributed by atoms with Crippen molar-refractivity contribution in [1.82, 2.24) is 9.78 Å². The maximum atomic E-state index is 11.4. The number of carbonyl (C=O) groups is 1. The third-order valence-corrected chi connectivity index (χ3v) is 4.06. The molecule has 0 amide bonds. The van der Waals surface area contributed by atoms with Crippen molar-refractivity contribution in [2.45, 2.75) is 38.1 Å². The van der Waals surface area contributed by atoms with Gasteiger partial charge in [0.05, 0.1) is 17.8 Å². The first kappa shape index (κ1) is 12.2. The van der Waals surface area contributed by atoms with Gasteiger partial charge in [0.1, 0.15) is 0 Å². The predicted molar refractivity (Wildman–Crippen MR) is 74.3 cm³/mol. The smallest absolute Gasteiger partial charge is 0.162 e. The molecule has 1 heterocycles. The molecule has 3 rings (SSSR count). The summed E-state index contributed by atoms with van der Waals surface area (Å²) in [7, 11) is 0. The van der Waals surface area contributed by atoms with E-state index in [-0.39, 0.29) is 5.78 Å². The van der Waals surface area contributed by atoms with E-state index < -0.39 is 0 Å². The number of hydrogen-bond acceptors (Lipinski definition) is 2. The zero-order valence-electron chi connectivity index (χ0n) is 11.1. The normalized spacial score (nSPS) is 22.6. The molecule has 2 atom stereocenters. The lowest BCUT2D eigenvalue weighted by atomic mass is 9.94. The lowest BCUT2D eigenvalue weighted by molar-refractivity contribution is 0.101. The molecule has 1 aliphatic carbocycles. The van der Waals surface area contributed by atoms with Crippen molar-refractivity contribution in [1.29, 1.82) is 0 Å². The SMILES string of the molecule is CC(=O)c1cnn([C@H]2CCC[C@H]2c2ccccc2)c1. The number of rotatable bonds is 3. The summed E-state index contributed by atoms with van der Waals surface area (Å²) >= 11 is 0. The van der Waals surface area contributed by atoms with Gasteiger partial charge in [-0.2, -0.15) is 5.10 Å². The molecule has 1 fully saturated rings. The quantitative estimate of drug-likeness (QED) is 0.784. The lowest BCUT2D eigenvalue weighted by Crippen LogP contribution is -2.13. The summed E-state index contributed by atoms with van der Waals surface area (Å²) in [5, 5.41) is 4.39. The lowest BCUT2D eigenvalue weighted by Gasteiger charge is -2.20. The standard InChI is InChI=1S/C16H18N2O/c1-12(19)14-10-17-18(11-14)16-9-5-8-15(16)13-6-3-2-4-7-13/h2-4,6-7,10-11,15-16H,5,8-9H2,1H3/t15-,16-/m0/s1. The van der Waals surface area contributed by atoms with E-state index in [1.807, 2.05) is 10.9 Å². The van der Waals surface area contributed by atoms with Crippen molar-refractivity contribution in [3.05, 3.63) is 53.9 Å². The number of benzene rings is 1. The minimum atomic E-state index is 0.0838. The van der Waals surface area contributed by atoms with Gasteiger partial charge in [0, 0.05) is 12.1 Å². The summed E-state index contributed by atoms with van der Waals surface area (Å²) in [6, 6.07) is 11.0. The number of carbonyl (C=O) groups excluding carboxylic acids is 1. The van der Waals surface area contributed by atoms with E-state index in [1.165, 1.54) is 18.4 Å². The molecule has 0 bridgehead atoms. The van der Waals surface area contributed by atoms with Crippen molar-refractivity contribution >= 4 is 5.78 Å². The van der Waals surface area contributed by atoms with E-state index in [0.717, 1.165) is 6.42 Å². The van der Waals surface area contributed by atoms with E-state index in [0.29, 0.717) is 17.5 Å². The van der Waals surface area contributed by atoms with Crippen LogP contribution in [-0.2, 0) is 0 Å². The molecule has 1 saturated carbocycles. The van der Waals surface area contributed by atoms with Crippen molar-refractivity contribution in [2.24, 2.45) is 0 Å². The predicted octanol–water partition coefficient (Wildman–Crippen LogP) is 3.59. The molecule has 0 radical (unpaired) electrons. The maximum Gasteiger partial charge on any atom is 0.162 e. The first-order chi connectivity index (χ1) is 9.25. The Bertz CT molecular complexity index is 573. The molecule has 1 aromatic carbocycles. The number of Topliss-reactive ketones (excluding diaryl/α,β-unsaturated/α-hetero) is 1. The third-order valence-electron chi connectivity index (χ3n) is 4.06. The summed E-state index contributed by atoms with van der Waals surface area (Å²) in [6.07, 6.45) is 7.14. The van der Waals surface area contributed by atoms with E-state index in [9.17, 15) is 4.79 Å². The van der Waals surface area contributed by atoms with Crippen molar-refractivity contribution in [2.75, 3.05) is 0 Å². The van der Waals surface area contributed by atoms with Gasteiger partial charge in [-0.1, -0.05) is 36.8 Å². The Morgan fingerprint density at radius 3 is 2.74 bits per heavy atom. The Morgan fingerprint density at radius 2 is 2.05 bits per heavy atom. The molecule has 3 heteroatoms. The Morgan fingerprint density at radius 1 is 1.26 bits per heavy atom. The average molecular weight is 254 g/mol. The van der Waals surface area contributed by atoms with E-state index in [4.69, 9.17) is 0 Å². The van der Waals surface area contributed by atoms with Crippen LogP contribution in [0.4, 0.5) is 0 Å². The van der Waals surface area contributed by atoms with Crippen LogP contribution < -0.4 is 0 Å². The van der Waals surface area contributed by atoms with Crippen LogP contribution in [-0.4, -0.2) is 15.6 Å². The van der Waals surface area contributed by atoms with Crippen molar-refractivity contribution in [3.8, 4) is 0 Å². The van der Waals surface area contributed by atoms with Gasteiger partial charge < -0.3 is 0 Å². The van der Waals surface area contributed by atoms with Gasteiger partial charge in [0.25, 0.3) is 0 Å². The largest absolute Gasteiger partial charge is 0.294 e. The minimum Gasteiger partial charge on any atom is -0.294 e. The van der Waals surface area contributed by atoms with E-state index in [2.05, 4.69) is 35.4 Å². The molecule has 2 aromatic rings. The Balaban J connectivity index is 1.88. The fourth-order valence-electron chi connectivity index (χ4n) is 3.05. The Labute approximate surface area is 113 Å². The molecule has 1 aliphatic rings. The molecule has 1 aromatic heterocycles. The summed E-state index contributed by atoms with van der Waals surface area (Å²) in [5.74, 6) is 0.599. The van der Waals surface area contributed by atoms with Gasteiger partial charge >= 0.3 is 0 Å². The highest BCUT2D eigenvalue weighted by molar-refractivity contribution is 5.93. The Kier molecular flexibility index (Phi) is 3.20. The topological polar surface area (TPSA) is 34.9 Å². The zero-order valence-corrected chi connectivity index (χ0v) is 11.1. The Hall–Kier alpha value is -1.90. The molecule has 0 N–H and O–H groups in total. The number of ketones is 1. The average Bonchev–Trinajstić information content (AvgIpc) is 3.08. The maximum absolute atomic E-state index is 11.4. The van der Waals surface area contributed by atoms with Gasteiger partial charge in [0.15, 0.2) is 5.78 Å². The molecule has 0 saturated heterocycles. The second-order valence-corrected chi connectivity index (χ2v) is 5.28. The van der Waals surface area contributed by atoms with Crippen molar-refractivity contribution in [3.63, 3.8) is 0 Å². The van der Waals surface area contributed by atoms with Gasteiger partial charge in [-0.3, -0.25) is 9.48 Å². The number of hydrogen-bond donors (Lipinski definition) is 0. The first-order valence-electron chi connectivity index (χ1n) is 6.86. The van der Waals surface area contributed by atoms with Crippen LogP contribution >= 0.6 is 0 Å². The molecule has 19 heavy (non-hydrogen) atoms. The molecular formula is C16H18N2O. The molecule has 3 nitrogen and oxygen atoms in total. The van der Waals surface area contributed by atoms with Crippen LogP contribution in [0, 0.1) is 0 Å². The fourth-order valence-corrected chi connectivity index (χ4v) is 3.05.